The summed E-state index contributed by atoms with van der Waals surface area (Å²) >= 11 is 0. The fourth-order valence-corrected chi connectivity index (χ4v) is 3.23. The first-order valence-electron chi connectivity index (χ1n) is 7.46. The summed E-state index contributed by atoms with van der Waals surface area (Å²) in [6.07, 6.45) is 7.12. The van der Waals surface area contributed by atoms with Crippen LogP contribution >= 0.6 is 0 Å². The highest BCUT2D eigenvalue weighted by Gasteiger charge is 2.38. The second-order valence-electron chi connectivity index (χ2n) is 5.83. The molecule has 1 unspecified atom stereocenters. The van der Waals surface area contributed by atoms with Crippen molar-refractivity contribution in [2.75, 3.05) is 7.11 Å². The van der Waals surface area contributed by atoms with Crippen molar-refractivity contribution < 1.29 is 9.84 Å². The van der Waals surface area contributed by atoms with Crippen LogP contribution in [-0.4, -0.2) is 23.9 Å². The van der Waals surface area contributed by atoms with Crippen LogP contribution in [0.1, 0.15) is 49.7 Å². The number of methoxy groups -OCH3 is 1. The Morgan fingerprint density at radius 1 is 1.16 bits per heavy atom. The number of aliphatic hydroxyl groups is 1. The van der Waals surface area contributed by atoms with Gasteiger partial charge in [0.1, 0.15) is 0 Å². The van der Waals surface area contributed by atoms with E-state index >= 15 is 0 Å². The predicted octanol–water partition coefficient (Wildman–Crippen LogP) is 3.64. The summed E-state index contributed by atoms with van der Waals surface area (Å²) in [5.41, 5.74) is 2.15. The van der Waals surface area contributed by atoms with Gasteiger partial charge < -0.3 is 9.84 Å². The quantitative estimate of drug-likeness (QED) is 0.839. The number of ether oxygens (including phenoxy) is 1. The molecule has 0 aromatic heterocycles. The topological polar surface area (TPSA) is 29.5 Å². The highest BCUT2D eigenvalue weighted by Crippen LogP contribution is 2.34. The van der Waals surface area contributed by atoms with Crippen LogP contribution in [0.2, 0.25) is 0 Å². The van der Waals surface area contributed by atoms with Gasteiger partial charge in [0.05, 0.1) is 11.7 Å². The van der Waals surface area contributed by atoms with E-state index in [1.165, 1.54) is 36.8 Å². The second kappa shape index (κ2) is 6.53. The summed E-state index contributed by atoms with van der Waals surface area (Å²) in [5.74, 6) is 0. The number of rotatable bonds is 4. The van der Waals surface area contributed by atoms with Gasteiger partial charge in [0, 0.05) is 13.5 Å². The molecule has 1 saturated carbocycles. The lowest BCUT2D eigenvalue weighted by Gasteiger charge is -2.36. The summed E-state index contributed by atoms with van der Waals surface area (Å²) in [7, 11) is 1.76. The van der Waals surface area contributed by atoms with Crippen LogP contribution in [0.5, 0.6) is 0 Å². The molecule has 0 radical (unpaired) electrons. The van der Waals surface area contributed by atoms with Crippen molar-refractivity contribution in [2.24, 2.45) is 0 Å². The third-order valence-electron chi connectivity index (χ3n) is 4.64. The number of aliphatic hydroxyl groups excluding tert-OH is 1. The maximum absolute atomic E-state index is 10.7. The van der Waals surface area contributed by atoms with E-state index in [1.807, 2.05) is 12.1 Å². The third-order valence-corrected chi connectivity index (χ3v) is 4.64. The zero-order valence-electron chi connectivity index (χ0n) is 12.2. The standard InChI is InChI=1S/C17H26O2/c1-14-9-5-6-10-15(14)13-16(18)17(19-2)11-7-3-4-8-12-17/h5-6,9-10,16,18H,3-4,7-8,11-13H2,1-2H3. The van der Waals surface area contributed by atoms with Gasteiger partial charge >= 0.3 is 0 Å². The van der Waals surface area contributed by atoms with Crippen LogP contribution in [-0.2, 0) is 11.2 Å². The molecule has 1 aromatic carbocycles. The van der Waals surface area contributed by atoms with Gasteiger partial charge in [0.25, 0.3) is 0 Å². The molecule has 1 aromatic rings. The molecule has 0 heterocycles. The molecule has 19 heavy (non-hydrogen) atoms. The van der Waals surface area contributed by atoms with Crippen LogP contribution in [0.25, 0.3) is 0 Å². The summed E-state index contributed by atoms with van der Waals surface area (Å²) in [6, 6.07) is 8.30. The monoisotopic (exact) mass is 262 g/mol. The van der Waals surface area contributed by atoms with E-state index < -0.39 is 6.10 Å². The van der Waals surface area contributed by atoms with E-state index in [1.54, 1.807) is 7.11 Å². The van der Waals surface area contributed by atoms with E-state index in [9.17, 15) is 5.11 Å². The van der Waals surface area contributed by atoms with E-state index in [2.05, 4.69) is 19.1 Å². The lowest BCUT2D eigenvalue weighted by atomic mass is 9.84. The third kappa shape index (κ3) is 3.37. The van der Waals surface area contributed by atoms with E-state index in [4.69, 9.17) is 4.74 Å². The lowest BCUT2D eigenvalue weighted by molar-refractivity contribution is -0.111. The fraction of sp³-hybridized carbons (Fsp3) is 0.647. The normalized spacial score (nSPS) is 20.8. The van der Waals surface area contributed by atoms with Crippen LogP contribution in [0.3, 0.4) is 0 Å². The minimum Gasteiger partial charge on any atom is -0.390 e. The van der Waals surface area contributed by atoms with Crippen molar-refractivity contribution in [3.63, 3.8) is 0 Å². The molecule has 1 aliphatic rings. The Morgan fingerprint density at radius 2 is 1.79 bits per heavy atom. The van der Waals surface area contributed by atoms with Gasteiger partial charge in [-0.1, -0.05) is 49.9 Å². The number of benzene rings is 1. The first kappa shape index (κ1) is 14.5. The summed E-state index contributed by atoms with van der Waals surface area (Å²) < 4.78 is 5.78. The Balaban J connectivity index is 2.12. The van der Waals surface area contributed by atoms with Crippen molar-refractivity contribution >= 4 is 0 Å². The zero-order chi connectivity index (χ0) is 13.7. The molecule has 0 amide bonds. The van der Waals surface area contributed by atoms with Crippen molar-refractivity contribution in [2.45, 2.75) is 63.6 Å². The molecule has 0 bridgehead atoms. The van der Waals surface area contributed by atoms with Gasteiger partial charge in [-0.3, -0.25) is 0 Å². The largest absolute Gasteiger partial charge is 0.390 e. The van der Waals surface area contributed by atoms with E-state index in [0.29, 0.717) is 6.42 Å². The summed E-state index contributed by atoms with van der Waals surface area (Å²) in [6.45, 7) is 2.11. The summed E-state index contributed by atoms with van der Waals surface area (Å²) in [4.78, 5) is 0. The van der Waals surface area contributed by atoms with Gasteiger partial charge in [0.2, 0.25) is 0 Å². The van der Waals surface area contributed by atoms with Gasteiger partial charge in [0.15, 0.2) is 0 Å². The molecule has 2 rings (SSSR count). The average Bonchev–Trinajstić information content (AvgIpc) is 2.67. The van der Waals surface area contributed by atoms with Crippen molar-refractivity contribution in [3.05, 3.63) is 35.4 Å². The molecule has 0 aliphatic heterocycles. The highest BCUT2D eigenvalue weighted by atomic mass is 16.5. The number of aryl methyl sites for hydroxylation is 1. The van der Waals surface area contributed by atoms with Gasteiger partial charge in [-0.2, -0.15) is 0 Å². The highest BCUT2D eigenvalue weighted by molar-refractivity contribution is 5.26. The molecule has 0 saturated heterocycles. The molecule has 1 aliphatic carbocycles. The Bertz CT molecular complexity index is 392. The van der Waals surface area contributed by atoms with Crippen LogP contribution < -0.4 is 0 Å². The minimum atomic E-state index is -0.406. The van der Waals surface area contributed by atoms with Gasteiger partial charge in [-0.25, -0.2) is 0 Å². The molecule has 1 N–H and O–H groups in total. The summed E-state index contributed by atoms with van der Waals surface area (Å²) in [5, 5.41) is 10.7. The van der Waals surface area contributed by atoms with Crippen LogP contribution in [0.15, 0.2) is 24.3 Å². The molecule has 1 atom stereocenters. The zero-order valence-corrected chi connectivity index (χ0v) is 12.2. The van der Waals surface area contributed by atoms with E-state index in [-0.39, 0.29) is 5.60 Å². The predicted molar refractivity (Wildman–Crippen MR) is 78.3 cm³/mol. The number of hydrogen-bond acceptors (Lipinski definition) is 2. The Kier molecular flexibility index (Phi) is 5.00. The van der Waals surface area contributed by atoms with E-state index in [0.717, 1.165) is 12.8 Å². The van der Waals surface area contributed by atoms with Crippen LogP contribution in [0.4, 0.5) is 0 Å². The average molecular weight is 262 g/mol. The molecule has 2 nitrogen and oxygen atoms in total. The second-order valence-corrected chi connectivity index (χ2v) is 5.83. The minimum absolute atomic E-state index is 0.335. The molecule has 106 valence electrons. The molecule has 0 spiro atoms. The molecule has 1 fully saturated rings. The lowest BCUT2D eigenvalue weighted by Crippen LogP contribution is -2.45. The number of hydrogen-bond donors (Lipinski definition) is 1. The smallest absolute Gasteiger partial charge is 0.0939 e. The van der Waals surface area contributed by atoms with Crippen LogP contribution in [0, 0.1) is 6.92 Å². The van der Waals surface area contributed by atoms with Gasteiger partial charge in [-0.15, -0.1) is 0 Å². The fourth-order valence-electron chi connectivity index (χ4n) is 3.23. The maximum atomic E-state index is 10.7. The molecule has 2 heteroatoms. The van der Waals surface area contributed by atoms with Crippen molar-refractivity contribution in [1.29, 1.82) is 0 Å². The molecular formula is C17H26O2. The Hall–Kier alpha value is -0.860. The first-order valence-corrected chi connectivity index (χ1v) is 7.46. The Labute approximate surface area is 116 Å². The van der Waals surface area contributed by atoms with Crippen molar-refractivity contribution in [1.82, 2.24) is 0 Å². The Morgan fingerprint density at radius 3 is 2.37 bits per heavy atom. The SMILES string of the molecule is COC1(C(O)Cc2ccccc2C)CCCCCC1. The maximum Gasteiger partial charge on any atom is 0.0939 e. The van der Waals surface area contributed by atoms with Crippen molar-refractivity contribution in [3.8, 4) is 0 Å². The van der Waals surface area contributed by atoms with Gasteiger partial charge in [-0.05, 0) is 30.9 Å². The first-order chi connectivity index (χ1) is 9.18. The molecular weight excluding hydrogens is 236 g/mol.